The second kappa shape index (κ2) is 8.80. The summed E-state index contributed by atoms with van der Waals surface area (Å²) >= 11 is 0. The highest BCUT2D eigenvalue weighted by Gasteiger charge is 2.40. The predicted octanol–water partition coefficient (Wildman–Crippen LogP) is 3.16. The van der Waals surface area contributed by atoms with Crippen molar-refractivity contribution < 1.29 is 14.3 Å². The van der Waals surface area contributed by atoms with Crippen LogP contribution >= 0.6 is 0 Å². The maximum absolute atomic E-state index is 12.3. The Hall–Kier alpha value is -2.31. The molecule has 3 rings (SSSR count). The van der Waals surface area contributed by atoms with Crippen LogP contribution in [-0.4, -0.2) is 47.2 Å². The summed E-state index contributed by atoms with van der Waals surface area (Å²) in [5.41, 5.74) is 0.520. The van der Waals surface area contributed by atoms with Crippen molar-refractivity contribution in [2.75, 3.05) is 19.6 Å². The van der Waals surface area contributed by atoms with Crippen LogP contribution in [0.3, 0.4) is 0 Å². The van der Waals surface area contributed by atoms with Crippen molar-refractivity contribution in [1.29, 1.82) is 0 Å². The molecule has 2 aliphatic rings. The van der Waals surface area contributed by atoms with Crippen LogP contribution in [0.4, 0.5) is 9.59 Å². The number of carbonyl (C=O) groups is 2. The molecule has 1 aliphatic heterocycles. The third-order valence-corrected chi connectivity index (χ3v) is 5.54. The molecule has 1 aromatic heterocycles. The summed E-state index contributed by atoms with van der Waals surface area (Å²) in [7, 11) is 0. The predicted molar refractivity (Wildman–Crippen MR) is 107 cm³/mol. The second-order valence-corrected chi connectivity index (χ2v) is 9.01. The van der Waals surface area contributed by atoms with Gasteiger partial charge in [-0.1, -0.05) is 6.07 Å². The van der Waals surface area contributed by atoms with Gasteiger partial charge in [-0.25, -0.2) is 9.59 Å². The van der Waals surface area contributed by atoms with E-state index in [1.54, 1.807) is 12.4 Å². The Labute approximate surface area is 167 Å². The van der Waals surface area contributed by atoms with Gasteiger partial charge in [0.05, 0.1) is 0 Å². The molecule has 0 radical (unpaired) electrons. The number of fused-ring (bicyclic) bond motifs is 1. The van der Waals surface area contributed by atoms with Crippen LogP contribution < -0.4 is 10.6 Å². The SMILES string of the molecule is CC(C)(C)OC(=O)N1CC2CC(CNC(=O)NCc3cccnc3)CC[C@@H]2C1. The number of urea groups is 1. The van der Waals surface area contributed by atoms with Gasteiger partial charge in [-0.05, 0) is 69.4 Å². The Bertz CT molecular complexity index is 674. The van der Waals surface area contributed by atoms with Gasteiger partial charge in [0.2, 0.25) is 0 Å². The maximum Gasteiger partial charge on any atom is 0.410 e. The zero-order valence-electron chi connectivity index (χ0n) is 17.1. The largest absolute Gasteiger partial charge is 0.444 e. The molecule has 2 N–H and O–H groups in total. The van der Waals surface area contributed by atoms with Gasteiger partial charge in [-0.15, -0.1) is 0 Å². The molecule has 1 aromatic rings. The Morgan fingerprint density at radius 1 is 1.21 bits per heavy atom. The van der Waals surface area contributed by atoms with Crippen LogP contribution in [0.2, 0.25) is 0 Å². The quantitative estimate of drug-likeness (QED) is 0.830. The standard InChI is InChI=1S/C21H32N4O3/c1-21(2,3)28-20(27)25-13-17-7-6-15(9-18(17)14-25)11-23-19(26)24-12-16-5-4-8-22-10-16/h4-5,8,10,15,17-18H,6-7,9,11-14H2,1-3H3,(H2,23,24,26)/t15?,17-,18?/m1/s1. The molecule has 0 bridgehead atoms. The minimum Gasteiger partial charge on any atom is -0.444 e. The molecule has 3 amide bonds. The monoisotopic (exact) mass is 388 g/mol. The Kier molecular flexibility index (Phi) is 6.42. The molecule has 2 unspecified atom stereocenters. The Morgan fingerprint density at radius 3 is 2.71 bits per heavy atom. The van der Waals surface area contributed by atoms with Crippen LogP contribution in [-0.2, 0) is 11.3 Å². The smallest absolute Gasteiger partial charge is 0.410 e. The first-order valence-corrected chi connectivity index (χ1v) is 10.2. The topological polar surface area (TPSA) is 83.6 Å². The van der Waals surface area contributed by atoms with Crippen LogP contribution in [0, 0.1) is 17.8 Å². The van der Waals surface area contributed by atoms with Crippen LogP contribution in [0.5, 0.6) is 0 Å². The number of nitrogens with one attached hydrogen (secondary N) is 2. The van der Waals surface area contributed by atoms with E-state index in [2.05, 4.69) is 15.6 Å². The molecule has 0 spiro atoms. The van der Waals surface area contributed by atoms with Gasteiger partial charge in [-0.2, -0.15) is 0 Å². The zero-order chi connectivity index (χ0) is 20.1. The molecular weight excluding hydrogens is 356 g/mol. The van der Waals surface area contributed by atoms with E-state index < -0.39 is 5.60 Å². The van der Waals surface area contributed by atoms with E-state index in [9.17, 15) is 9.59 Å². The molecule has 1 saturated carbocycles. The zero-order valence-corrected chi connectivity index (χ0v) is 17.1. The average molecular weight is 389 g/mol. The summed E-state index contributed by atoms with van der Waals surface area (Å²) in [6.45, 7) is 8.41. The number of likely N-dealkylation sites (tertiary alicyclic amines) is 1. The lowest BCUT2D eigenvalue weighted by Crippen LogP contribution is -2.39. The highest BCUT2D eigenvalue weighted by molar-refractivity contribution is 5.73. The molecule has 7 nitrogen and oxygen atoms in total. The molecule has 2 fully saturated rings. The molecule has 1 saturated heterocycles. The fourth-order valence-corrected chi connectivity index (χ4v) is 4.17. The average Bonchev–Trinajstić information content (AvgIpc) is 3.08. The highest BCUT2D eigenvalue weighted by atomic mass is 16.6. The third kappa shape index (κ3) is 5.84. The summed E-state index contributed by atoms with van der Waals surface area (Å²) in [5, 5.41) is 5.86. The van der Waals surface area contributed by atoms with Gasteiger partial charge >= 0.3 is 12.1 Å². The molecule has 0 aromatic carbocycles. The van der Waals surface area contributed by atoms with E-state index in [0.29, 0.717) is 30.8 Å². The number of hydrogen-bond donors (Lipinski definition) is 2. The number of nitrogens with zero attached hydrogens (tertiary/aromatic N) is 2. The number of ether oxygens (including phenoxy) is 1. The van der Waals surface area contributed by atoms with Crippen LogP contribution in [0.15, 0.2) is 24.5 Å². The van der Waals surface area contributed by atoms with Crippen LogP contribution in [0.1, 0.15) is 45.6 Å². The number of carbonyl (C=O) groups excluding carboxylic acids is 2. The van der Waals surface area contributed by atoms with Crippen molar-refractivity contribution in [3.05, 3.63) is 30.1 Å². The lowest BCUT2D eigenvalue weighted by molar-refractivity contribution is 0.0284. The normalized spacial score (nSPS) is 24.4. The van der Waals surface area contributed by atoms with E-state index in [1.165, 1.54) is 0 Å². The molecular formula is C21H32N4O3. The van der Waals surface area contributed by atoms with Crippen molar-refractivity contribution in [3.8, 4) is 0 Å². The van der Waals surface area contributed by atoms with E-state index in [1.807, 2.05) is 37.8 Å². The van der Waals surface area contributed by atoms with E-state index in [4.69, 9.17) is 4.74 Å². The molecule has 28 heavy (non-hydrogen) atoms. The van der Waals surface area contributed by atoms with E-state index in [0.717, 1.165) is 37.9 Å². The van der Waals surface area contributed by atoms with Crippen molar-refractivity contribution in [2.45, 2.75) is 52.2 Å². The Balaban J connectivity index is 1.39. The first-order valence-electron chi connectivity index (χ1n) is 10.2. The maximum atomic E-state index is 12.3. The summed E-state index contributed by atoms with van der Waals surface area (Å²) in [6.07, 6.45) is 6.50. The van der Waals surface area contributed by atoms with Crippen molar-refractivity contribution in [3.63, 3.8) is 0 Å². The Morgan fingerprint density at radius 2 is 2.00 bits per heavy atom. The van der Waals surface area contributed by atoms with Gasteiger partial charge in [0, 0.05) is 38.6 Å². The lowest BCUT2D eigenvalue weighted by atomic mass is 9.76. The molecule has 154 valence electrons. The second-order valence-electron chi connectivity index (χ2n) is 9.01. The summed E-state index contributed by atoms with van der Waals surface area (Å²) in [5.74, 6) is 1.53. The number of amides is 3. The molecule has 1 aliphatic carbocycles. The molecule has 7 heteroatoms. The van der Waals surface area contributed by atoms with Crippen molar-refractivity contribution in [1.82, 2.24) is 20.5 Å². The van der Waals surface area contributed by atoms with Gasteiger partial charge in [0.15, 0.2) is 0 Å². The lowest BCUT2D eigenvalue weighted by Gasteiger charge is -2.30. The number of pyridine rings is 1. The molecule has 2 heterocycles. The number of hydrogen-bond acceptors (Lipinski definition) is 4. The first-order chi connectivity index (χ1) is 13.3. The summed E-state index contributed by atoms with van der Waals surface area (Å²) < 4.78 is 5.51. The molecule has 3 atom stereocenters. The van der Waals surface area contributed by atoms with Gasteiger partial charge in [0.25, 0.3) is 0 Å². The van der Waals surface area contributed by atoms with Crippen molar-refractivity contribution in [2.24, 2.45) is 17.8 Å². The van der Waals surface area contributed by atoms with Gasteiger partial charge < -0.3 is 20.3 Å². The number of rotatable bonds is 4. The third-order valence-electron chi connectivity index (χ3n) is 5.54. The van der Waals surface area contributed by atoms with E-state index in [-0.39, 0.29) is 12.1 Å². The van der Waals surface area contributed by atoms with E-state index >= 15 is 0 Å². The fraction of sp³-hybridized carbons (Fsp3) is 0.667. The minimum absolute atomic E-state index is 0.146. The highest BCUT2D eigenvalue weighted by Crippen LogP contribution is 2.39. The van der Waals surface area contributed by atoms with Crippen LogP contribution in [0.25, 0.3) is 0 Å². The van der Waals surface area contributed by atoms with Gasteiger partial charge in [0.1, 0.15) is 5.60 Å². The minimum atomic E-state index is -0.458. The van der Waals surface area contributed by atoms with Crippen molar-refractivity contribution >= 4 is 12.1 Å². The fourth-order valence-electron chi connectivity index (χ4n) is 4.17. The summed E-state index contributed by atoms with van der Waals surface area (Å²) in [4.78, 5) is 30.3. The summed E-state index contributed by atoms with van der Waals surface area (Å²) in [6, 6.07) is 3.65. The van der Waals surface area contributed by atoms with Gasteiger partial charge in [-0.3, -0.25) is 4.98 Å². The first kappa shape index (κ1) is 20.4. The number of aromatic nitrogens is 1.